The predicted molar refractivity (Wildman–Crippen MR) is 110 cm³/mol. The van der Waals surface area contributed by atoms with E-state index in [1.165, 1.54) is 6.21 Å². The van der Waals surface area contributed by atoms with Crippen molar-refractivity contribution in [3.63, 3.8) is 0 Å². The van der Waals surface area contributed by atoms with Crippen LogP contribution in [0, 0.1) is 6.92 Å². The summed E-state index contributed by atoms with van der Waals surface area (Å²) in [5, 5.41) is 6.59. The minimum absolute atomic E-state index is 0.0749. The summed E-state index contributed by atoms with van der Waals surface area (Å²) in [4.78, 5) is 23.8. The van der Waals surface area contributed by atoms with Gasteiger partial charge in [-0.15, -0.1) is 0 Å². The number of nitrogens with zero attached hydrogens (tertiary/aromatic N) is 1. The number of nitrogens with one attached hydrogen (secondary N) is 2. The fraction of sp³-hybridized carbons (Fsp3) is 0.250. The smallest absolute Gasteiger partial charge is 0.249 e. The Morgan fingerprint density at radius 2 is 1.93 bits per heavy atom. The first-order valence-electron chi connectivity index (χ1n) is 8.48. The van der Waals surface area contributed by atoms with E-state index in [2.05, 4.69) is 31.8 Å². The summed E-state index contributed by atoms with van der Waals surface area (Å²) in [7, 11) is 0. The maximum absolute atomic E-state index is 11.9. The number of hydrogen-bond acceptors (Lipinski definition) is 4. The Bertz CT molecular complexity index is 850. The first-order valence-corrected chi connectivity index (χ1v) is 9.28. The Hall–Kier alpha value is -2.67. The van der Waals surface area contributed by atoms with Gasteiger partial charge in [0.15, 0.2) is 0 Å². The van der Waals surface area contributed by atoms with Crippen LogP contribution >= 0.6 is 15.9 Å². The van der Waals surface area contributed by atoms with Crippen molar-refractivity contribution >= 4 is 39.6 Å². The molecule has 0 aliphatic carbocycles. The highest BCUT2D eigenvalue weighted by Gasteiger charge is 2.10. The van der Waals surface area contributed by atoms with Crippen molar-refractivity contribution in [2.75, 3.05) is 5.32 Å². The van der Waals surface area contributed by atoms with Gasteiger partial charge in [0, 0.05) is 5.69 Å². The monoisotopic (exact) mass is 431 g/mol. The number of ether oxygens (including phenoxy) is 1. The van der Waals surface area contributed by atoms with Crippen LogP contribution in [0.1, 0.15) is 31.4 Å². The number of para-hydroxylation sites is 1. The summed E-state index contributed by atoms with van der Waals surface area (Å²) < 4.78 is 6.43. The van der Waals surface area contributed by atoms with E-state index in [1.54, 1.807) is 6.07 Å². The first-order chi connectivity index (χ1) is 12.8. The largest absolute Gasteiger partial charge is 0.490 e. The molecule has 2 amide bonds. The summed E-state index contributed by atoms with van der Waals surface area (Å²) >= 11 is 3.44. The van der Waals surface area contributed by atoms with Crippen molar-refractivity contribution in [2.45, 2.75) is 33.3 Å². The van der Waals surface area contributed by atoms with Gasteiger partial charge in [0.05, 0.1) is 16.8 Å². The molecule has 0 fully saturated rings. The van der Waals surface area contributed by atoms with E-state index in [0.717, 1.165) is 21.3 Å². The Labute approximate surface area is 167 Å². The minimum Gasteiger partial charge on any atom is -0.490 e. The number of carbonyl (C=O) groups is 2. The van der Waals surface area contributed by atoms with E-state index < -0.39 is 11.8 Å². The molecular weight excluding hydrogens is 410 g/mol. The molecule has 27 heavy (non-hydrogen) atoms. The molecule has 0 unspecified atom stereocenters. The third kappa shape index (κ3) is 6.86. The van der Waals surface area contributed by atoms with E-state index >= 15 is 0 Å². The van der Waals surface area contributed by atoms with E-state index in [9.17, 15) is 9.59 Å². The van der Waals surface area contributed by atoms with E-state index in [4.69, 9.17) is 4.74 Å². The lowest BCUT2D eigenvalue weighted by Gasteiger charge is -2.11. The second-order valence-electron chi connectivity index (χ2n) is 6.19. The fourth-order valence-corrected chi connectivity index (χ4v) is 2.71. The molecule has 0 saturated heterocycles. The molecule has 0 saturated carbocycles. The number of hydrogen-bond donors (Lipinski definition) is 2. The lowest BCUT2D eigenvalue weighted by molar-refractivity contribution is -0.126. The highest BCUT2D eigenvalue weighted by Crippen LogP contribution is 2.26. The Morgan fingerprint density at radius 1 is 1.19 bits per heavy atom. The molecule has 2 N–H and O–H groups in total. The van der Waals surface area contributed by atoms with Gasteiger partial charge in [-0.2, -0.15) is 5.10 Å². The average molecular weight is 432 g/mol. The van der Waals surface area contributed by atoms with E-state index in [1.807, 2.05) is 57.2 Å². The standard InChI is InChI=1S/C20H22BrN3O3/c1-13(2)27-18-9-8-15(10-16(18)21)12-22-24-20(26)11-19(25)23-17-7-5-4-6-14(17)3/h4-10,12-13H,11H2,1-3H3,(H,23,25)(H,24,26). The molecule has 0 atom stereocenters. The Kier molecular flexibility index (Phi) is 7.55. The molecule has 2 aromatic carbocycles. The van der Waals surface area contributed by atoms with Crippen molar-refractivity contribution in [3.8, 4) is 5.75 Å². The molecule has 6 nitrogen and oxygen atoms in total. The first kappa shape index (κ1) is 20.6. The minimum atomic E-state index is -0.490. The lowest BCUT2D eigenvalue weighted by Crippen LogP contribution is -2.24. The molecule has 0 aliphatic rings. The summed E-state index contributed by atoms with van der Waals surface area (Å²) in [6.07, 6.45) is 1.27. The van der Waals surface area contributed by atoms with Crippen molar-refractivity contribution in [3.05, 3.63) is 58.1 Å². The topological polar surface area (TPSA) is 79.8 Å². The highest BCUT2D eigenvalue weighted by atomic mass is 79.9. The summed E-state index contributed by atoms with van der Waals surface area (Å²) in [6.45, 7) is 5.79. The molecular formula is C20H22BrN3O3. The molecule has 0 heterocycles. The number of halogens is 1. The van der Waals surface area contributed by atoms with Gasteiger partial charge >= 0.3 is 0 Å². The SMILES string of the molecule is Cc1ccccc1NC(=O)CC(=O)NN=Cc1ccc(OC(C)C)c(Br)c1. The molecule has 0 spiro atoms. The number of hydrazone groups is 1. The lowest BCUT2D eigenvalue weighted by atomic mass is 10.2. The van der Waals surface area contributed by atoms with Crippen LogP contribution in [-0.4, -0.2) is 24.1 Å². The number of amides is 2. The van der Waals surface area contributed by atoms with Gasteiger partial charge in [0.1, 0.15) is 12.2 Å². The number of carbonyl (C=O) groups excluding carboxylic acids is 2. The molecule has 0 radical (unpaired) electrons. The highest BCUT2D eigenvalue weighted by molar-refractivity contribution is 9.10. The third-order valence-corrected chi connectivity index (χ3v) is 4.08. The van der Waals surface area contributed by atoms with Crippen molar-refractivity contribution in [1.82, 2.24) is 5.43 Å². The van der Waals surface area contributed by atoms with Crippen LogP contribution in [0.25, 0.3) is 0 Å². The number of anilines is 1. The van der Waals surface area contributed by atoms with Gasteiger partial charge in [-0.1, -0.05) is 18.2 Å². The molecule has 0 aliphatic heterocycles. The van der Waals surface area contributed by atoms with Crippen molar-refractivity contribution in [2.24, 2.45) is 5.10 Å². The molecule has 0 aromatic heterocycles. The van der Waals surface area contributed by atoms with Crippen LogP contribution in [0.4, 0.5) is 5.69 Å². The summed E-state index contributed by atoms with van der Waals surface area (Å²) in [5.41, 5.74) is 4.75. The molecule has 2 aromatic rings. The van der Waals surface area contributed by atoms with E-state index in [0.29, 0.717) is 5.69 Å². The van der Waals surface area contributed by atoms with Gasteiger partial charge in [-0.05, 0) is 72.1 Å². The van der Waals surface area contributed by atoms with Crippen LogP contribution in [0.15, 0.2) is 52.0 Å². The van der Waals surface area contributed by atoms with Gasteiger partial charge in [0.25, 0.3) is 0 Å². The van der Waals surface area contributed by atoms with E-state index in [-0.39, 0.29) is 12.5 Å². The number of rotatable bonds is 7. The van der Waals surface area contributed by atoms with Crippen LogP contribution in [-0.2, 0) is 9.59 Å². The van der Waals surface area contributed by atoms with Crippen molar-refractivity contribution < 1.29 is 14.3 Å². The Balaban J connectivity index is 1.85. The number of aryl methyl sites for hydroxylation is 1. The Morgan fingerprint density at radius 3 is 2.59 bits per heavy atom. The predicted octanol–water partition coefficient (Wildman–Crippen LogP) is 4.02. The zero-order valence-electron chi connectivity index (χ0n) is 15.5. The molecule has 142 valence electrons. The number of benzene rings is 2. The maximum atomic E-state index is 11.9. The van der Waals surface area contributed by atoms with Gasteiger partial charge in [0.2, 0.25) is 11.8 Å². The molecule has 7 heteroatoms. The quantitative estimate of drug-likeness (QED) is 0.394. The second kappa shape index (κ2) is 9.87. The second-order valence-corrected chi connectivity index (χ2v) is 7.04. The third-order valence-electron chi connectivity index (χ3n) is 3.46. The zero-order valence-corrected chi connectivity index (χ0v) is 17.0. The summed E-state index contributed by atoms with van der Waals surface area (Å²) in [6, 6.07) is 12.8. The van der Waals surface area contributed by atoms with Crippen LogP contribution in [0.5, 0.6) is 5.75 Å². The molecule has 0 bridgehead atoms. The van der Waals surface area contributed by atoms with Gasteiger partial charge in [-0.3, -0.25) is 9.59 Å². The van der Waals surface area contributed by atoms with Crippen LogP contribution in [0.2, 0.25) is 0 Å². The van der Waals surface area contributed by atoms with Crippen LogP contribution in [0.3, 0.4) is 0 Å². The fourth-order valence-electron chi connectivity index (χ4n) is 2.22. The van der Waals surface area contributed by atoms with Gasteiger partial charge < -0.3 is 10.1 Å². The normalized spacial score (nSPS) is 10.9. The molecule has 2 rings (SSSR count). The summed E-state index contributed by atoms with van der Waals surface area (Å²) in [5.74, 6) is -0.148. The maximum Gasteiger partial charge on any atom is 0.249 e. The average Bonchev–Trinajstić information content (AvgIpc) is 2.59. The van der Waals surface area contributed by atoms with Gasteiger partial charge in [-0.25, -0.2) is 5.43 Å². The zero-order chi connectivity index (χ0) is 19.8. The van der Waals surface area contributed by atoms with Crippen molar-refractivity contribution in [1.29, 1.82) is 0 Å². The van der Waals surface area contributed by atoms with Crippen LogP contribution < -0.4 is 15.5 Å².